The number of nitrogens with zero attached hydrogens (tertiary/aromatic N) is 1. The summed E-state index contributed by atoms with van der Waals surface area (Å²) in [4.78, 5) is 26.2. The fourth-order valence-electron chi connectivity index (χ4n) is 3.16. The van der Waals surface area contributed by atoms with Crippen LogP contribution >= 0.6 is 0 Å². The number of carbonyl (C=O) groups is 2. The largest absolute Gasteiger partial charge is 0.497 e. The second kappa shape index (κ2) is 8.52. The predicted molar refractivity (Wildman–Crippen MR) is 99.9 cm³/mol. The number of fused-ring (bicyclic) bond motifs is 1. The molecule has 0 bridgehead atoms. The Morgan fingerprint density at radius 2 is 1.81 bits per heavy atom. The van der Waals surface area contributed by atoms with E-state index in [0.717, 1.165) is 24.2 Å². The first-order valence-corrected chi connectivity index (χ1v) is 8.90. The van der Waals surface area contributed by atoms with E-state index in [1.165, 1.54) is 11.1 Å². The van der Waals surface area contributed by atoms with E-state index in [1.807, 2.05) is 42.5 Å². The molecule has 26 heavy (non-hydrogen) atoms. The lowest BCUT2D eigenvalue weighted by atomic mass is 10.00. The Labute approximate surface area is 154 Å². The van der Waals surface area contributed by atoms with Crippen LogP contribution in [0, 0.1) is 0 Å². The third kappa shape index (κ3) is 4.63. The van der Waals surface area contributed by atoms with E-state index in [4.69, 9.17) is 4.74 Å². The van der Waals surface area contributed by atoms with E-state index < -0.39 is 0 Å². The Bertz CT molecular complexity index is 771. The molecule has 2 amide bonds. The Kier molecular flexibility index (Phi) is 5.89. The minimum Gasteiger partial charge on any atom is -0.497 e. The van der Waals surface area contributed by atoms with Crippen LogP contribution in [0.1, 0.15) is 23.1 Å². The number of ether oxygens (including phenoxy) is 1. The molecule has 0 unspecified atom stereocenters. The number of carbonyl (C=O) groups excluding carboxylic acids is 2. The number of benzene rings is 2. The van der Waals surface area contributed by atoms with Crippen molar-refractivity contribution in [1.29, 1.82) is 0 Å². The average Bonchev–Trinajstić information content (AvgIpc) is 2.68. The van der Waals surface area contributed by atoms with Crippen LogP contribution in [-0.4, -0.2) is 36.9 Å². The molecular formula is C21H24N2O3. The number of methoxy groups -OCH3 is 1. The molecule has 3 rings (SSSR count). The molecule has 0 fully saturated rings. The molecule has 2 aromatic carbocycles. The van der Waals surface area contributed by atoms with Crippen molar-refractivity contribution >= 4 is 11.8 Å². The summed E-state index contributed by atoms with van der Waals surface area (Å²) in [7, 11) is 1.63. The third-order valence-electron chi connectivity index (χ3n) is 4.69. The fraction of sp³-hybridized carbons (Fsp3) is 0.333. The van der Waals surface area contributed by atoms with E-state index in [2.05, 4.69) is 11.4 Å². The summed E-state index contributed by atoms with van der Waals surface area (Å²) in [6, 6.07) is 15.9. The quantitative estimate of drug-likeness (QED) is 0.812. The molecule has 1 aliphatic heterocycles. The van der Waals surface area contributed by atoms with E-state index >= 15 is 0 Å². The Balaban J connectivity index is 1.42. The minimum atomic E-state index is -0.220. The number of amides is 2. The topological polar surface area (TPSA) is 58.6 Å². The van der Waals surface area contributed by atoms with Crippen LogP contribution in [0.4, 0.5) is 0 Å². The van der Waals surface area contributed by atoms with Gasteiger partial charge in [-0.1, -0.05) is 36.4 Å². The molecule has 1 aliphatic rings. The van der Waals surface area contributed by atoms with Crippen molar-refractivity contribution < 1.29 is 14.3 Å². The maximum Gasteiger partial charge on any atom is 0.232 e. The van der Waals surface area contributed by atoms with Crippen LogP contribution in [0.25, 0.3) is 0 Å². The molecule has 0 spiro atoms. The second-order valence-electron chi connectivity index (χ2n) is 6.46. The van der Waals surface area contributed by atoms with E-state index in [1.54, 1.807) is 12.0 Å². The molecule has 5 nitrogen and oxygen atoms in total. The van der Waals surface area contributed by atoms with Gasteiger partial charge in [0.15, 0.2) is 0 Å². The van der Waals surface area contributed by atoms with Crippen molar-refractivity contribution in [3.8, 4) is 5.75 Å². The van der Waals surface area contributed by atoms with Crippen LogP contribution in [-0.2, 0) is 29.0 Å². The highest BCUT2D eigenvalue weighted by Gasteiger charge is 2.21. The van der Waals surface area contributed by atoms with E-state index in [-0.39, 0.29) is 18.2 Å². The van der Waals surface area contributed by atoms with Crippen LogP contribution < -0.4 is 10.1 Å². The fourth-order valence-corrected chi connectivity index (χ4v) is 3.16. The average molecular weight is 352 g/mol. The van der Waals surface area contributed by atoms with E-state index in [9.17, 15) is 9.59 Å². The van der Waals surface area contributed by atoms with Gasteiger partial charge in [0, 0.05) is 19.6 Å². The summed E-state index contributed by atoms with van der Waals surface area (Å²) < 4.78 is 5.12. The Morgan fingerprint density at radius 1 is 1.08 bits per heavy atom. The summed E-state index contributed by atoms with van der Waals surface area (Å²) in [5.41, 5.74) is 3.58. The number of nitrogens with one attached hydrogen (secondary N) is 1. The SMILES string of the molecule is COc1ccc(CCNC(=O)CC(=O)N2CCc3ccccc3C2)cc1. The zero-order chi connectivity index (χ0) is 18.4. The molecule has 0 radical (unpaired) electrons. The second-order valence-corrected chi connectivity index (χ2v) is 6.46. The van der Waals surface area contributed by atoms with Gasteiger partial charge in [0.1, 0.15) is 12.2 Å². The van der Waals surface area contributed by atoms with Crippen molar-refractivity contribution in [1.82, 2.24) is 10.2 Å². The van der Waals surface area contributed by atoms with Crippen molar-refractivity contribution in [3.05, 3.63) is 65.2 Å². The Morgan fingerprint density at radius 3 is 2.54 bits per heavy atom. The van der Waals surface area contributed by atoms with Crippen molar-refractivity contribution in [3.63, 3.8) is 0 Å². The third-order valence-corrected chi connectivity index (χ3v) is 4.69. The molecule has 1 heterocycles. The summed E-state index contributed by atoms with van der Waals surface area (Å²) in [6.07, 6.45) is 1.48. The van der Waals surface area contributed by atoms with Gasteiger partial charge in [0.05, 0.1) is 7.11 Å². The van der Waals surface area contributed by atoms with Crippen LogP contribution in [0.2, 0.25) is 0 Å². The van der Waals surface area contributed by atoms with Crippen molar-refractivity contribution in [2.24, 2.45) is 0 Å². The highest BCUT2D eigenvalue weighted by molar-refractivity contribution is 5.96. The molecule has 1 N–H and O–H groups in total. The van der Waals surface area contributed by atoms with Gasteiger partial charge in [-0.2, -0.15) is 0 Å². The van der Waals surface area contributed by atoms with Gasteiger partial charge in [-0.05, 0) is 41.7 Å². The van der Waals surface area contributed by atoms with Crippen LogP contribution in [0.15, 0.2) is 48.5 Å². The number of rotatable bonds is 6. The van der Waals surface area contributed by atoms with Crippen molar-refractivity contribution in [2.75, 3.05) is 20.2 Å². The lowest BCUT2D eigenvalue weighted by Gasteiger charge is -2.28. The summed E-state index contributed by atoms with van der Waals surface area (Å²) in [5.74, 6) is 0.482. The maximum absolute atomic E-state index is 12.4. The van der Waals surface area contributed by atoms with Gasteiger partial charge in [0.2, 0.25) is 11.8 Å². The summed E-state index contributed by atoms with van der Waals surface area (Å²) in [6.45, 7) is 1.78. The zero-order valence-corrected chi connectivity index (χ0v) is 15.0. The first-order valence-electron chi connectivity index (χ1n) is 8.90. The molecular weight excluding hydrogens is 328 g/mol. The van der Waals surface area contributed by atoms with E-state index in [0.29, 0.717) is 19.6 Å². The minimum absolute atomic E-state index is 0.0925. The Hall–Kier alpha value is -2.82. The first kappa shape index (κ1) is 18.0. The van der Waals surface area contributed by atoms with Crippen LogP contribution in [0.3, 0.4) is 0 Å². The smallest absolute Gasteiger partial charge is 0.232 e. The molecule has 5 heteroatoms. The number of hydrogen-bond donors (Lipinski definition) is 1. The highest BCUT2D eigenvalue weighted by atomic mass is 16.5. The molecule has 136 valence electrons. The van der Waals surface area contributed by atoms with Gasteiger partial charge in [-0.15, -0.1) is 0 Å². The monoisotopic (exact) mass is 352 g/mol. The molecule has 0 aliphatic carbocycles. The van der Waals surface area contributed by atoms with Gasteiger partial charge < -0.3 is 15.0 Å². The van der Waals surface area contributed by atoms with Gasteiger partial charge in [-0.3, -0.25) is 9.59 Å². The first-order chi connectivity index (χ1) is 12.7. The summed E-state index contributed by atoms with van der Waals surface area (Å²) in [5, 5.41) is 2.83. The summed E-state index contributed by atoms with van der Waals surface area (Å²) >= 11 is 0. The molecule has 0 aromatic heterocycles. The standard InChI is InChI=1S/C21H24N2O3/c1-26-19-8-6-16(7-9-19)10-12-22-20(24)14-21(25)23-13-11-17-4-2-3-5-18(17)15-23/h2-9H,10-15H2,1H3,(H,22,24). The highest BCUT2D eigenvalue weighted by Crippen LogP contribution is 2.19. The number of hydrogen-bond acceptors (Lipinski definition) is 3. The maximum atomic E-state index is 12.4. The lowest BCUT2D eigenvalue weighted by molar-refractivity contribution is -0.136. The van der Waals surface area contributed by atoms with Crippen molar-refractivity contribution in [2.45, 2.75) is 25.8 Å². The van der Waals surface area contributed by atoms with Crippen LogP contribution in [0.5, 0.6) is 5.75 Å². The normalized spacial score (nSPS) is 13.0. The van der Waals surface area contributed by atoms with Gasteiger partial charge >= 0.3 is 0 Å². The van der Waals surface area contributed by atoms with Gasteiger partial charge in [-0.25, -0.2) is 0 Å². The lowest BCUT2D eigenvalue weighted by Crippen LogP contribution is -2.39. The van der Waals surface area contributed by atoms with Gasteiger partial charge in [0.25, 0.3) is 0 Å². The molecule has 2 aromatic rings. The zero-order valence-electron chi connectivity index (χ0n) is 15.0. The molecule has 0 saturated carbocycles. The molecule has 0 saturated heterocycles. The predicted octanol–water partition coefficient (Wildman–Crippen LogP) is 2.33. The molecule has 0 atom stereocenters.